The monoisotopic (exact) mass is 606 g/mol. The van der Waals surface area contributed by atoms with Crippen molar-refractivity contribution in [1.29, 1.82) is 5.26 Å². The van der Waals surface area contributed by atoms with Gasteiger partial charge in [-0.3, -0.25) is 9.69 Å². The Labute approximate surface area is 250 Å². The molecule has 220 valence electrons. The quantitative estimate of drug-likeness (QED) is 0.321. The molecule has 2 atom stereocenters. The first-order chi connectivity index (χ1) is 20.5. The van der Waals surface area contributed by atoms with Gasteiger partial charge in [-0.05, 0) is 36.8 Å². The number of aryl methyl sites for hydroxylation is 1. The first kappa shape index (κ1) is 28.8. The normalized spacial score (nSPS) is 20.3. The smallest absolute Gasteiger partial charge is 0.257 e. The van der Waals surface area contributed by atoms with Gasteiger partial charge in [0.1, 0.15) is 23.3 Å². The third-order valence-corrected chi connectivity index (χ3v) is 7.93. The van der Waals surface area contributed by atoms with Crippen molar-refractivity contribution in [1.82, 2.24) is 24.4 Å². The first-order valence-electron chi connectivity index (χ1n) is 13.2. The summed E-state index contributed by atoms with van der Waals surface area (Å²) in [7, 11) is 1.73. The highest BCUT2D eigenvalue weighted by molar-refractivity contribution is 6.30. The molecule has 13 heteroatoms. The van der Waals surface area contributed by atoms with Crippen molar-refractivity contribution >= 4 is 17.5 Å². The Balaban J connectivity index is 1.56. The maximum Gasteiger partial charge on any atom is 0.257 e. The van der Waals surface area contributed by atoms with Gasteiger partial charge in [0.25, 0.3) is 5.91 Å². The third-order valence-electron chi connectivity index (χ3n) is 7.68. The van der Waals surface area contributed by atoms with Crippen LogP contribution in [0.2, 0.25) is 5.02 Å². The zero-order chi connectivity index (χ0) is 30.6. The van der Waals surface area contributed by atoms with Gasteiger partial charge in [0, 0.05) is 36.2 Å². The Morgan fingerprint density at radius 1 is 1.21 bits per heavy atom. The van der Waals surface area contributed by atoms with Crippen LogP contribution >= 0.6 is 11.6 Å². The number of carbonyl (C=O) groups excluding carboxylic acids is 1. The summed E-state index contributed by atoms with van der Waals surface area (Å²) in [5, 5.41) is 21.0. The van der Waals surface area contributed by atoms with Gasteiger partial charge in [0.15, 0.2) is 5.67 Å². The first-order valence-corrected chi connectivity index (χ1v) is 13.6. The van der Waals surface area contributed by atoms with Gasteiger partial charge in [-0.2, -0.15) is 5.26 Å². The minimum atomic E-state index is -1.98. The number of hydrogen-bond donors (Lipinski definition) is 1. The number of rotatable bonds is 8. The molecule has 0 aliphatic carbocycles. The minimum Gasteiger partial charge on any atom is -0.379 e. The largest absolute Gasteiger partial charge is 0.379 e. The van der Waals surface area contributed by atoms with E-state index in [0.29, 0.717) is 10.6 Å². The fraction of sp³-hybridized carbons (Fsp3) is 0.300. The summed E-state index contributed by atoms with van der Waals surface area (Å²) in [5.74, 6) is -1.41. The molecule has 2 aliphatic heterocycles. The fourth-order valence-corrected chi connectivity index (χ4v) is 5.43. The molecular weight excluding hydrogens is 582 g/mol. The maximum absolute atomic E-state index is 16.6. The average Bonchev–Trinajstić information content (AvgIpc) is 3.52. The Morgan fingerprint density at radius 3 is 2.49 bits per heavy atom. The summed E-state index contributed by atoms with van der Waals surface area (Å²) in [6, 6.07) is 10.7. The van der Waals surface area contributed by atoms with Gasteiger partial charge in [-0.25, -0.2) is 23.7 Å². The molecule has 1 unspecified atom stereocenters. The van der Waals surface area contributed by atoms with Gasteiger partial charge in [-0.15, -0.1) is 0 Å². The molecular formula is C30H25ClF2N6O4. The SMILES string of the molecule is Cn1cnc(C(C)(O)c2cc(F)c3c(c2)C(=O)N(Cc2ncc(C#N)cn2)[C@@]3(OCC2(F)COC2)c2ccc(Cl)cc2)c1. The molecule has 1 amide bonds. The molecule has 0 spiro atoms. The van der Waals surface area contributed by atoms with E-state index in [2.05, 4.69) is 15.0 Å². The molecule has 1 saturated heterocycles. The van der Waals surface area contributed by atoms with Crippen molar-refractivity contribution in [2.45, 2.75) is 30.5 Å². The Hall–Kier alpha value is -4.28. The van der Waals surface area contributed by atoms with Gasteiger partial charge >= 0.3 is 0 Å². The molecule has 0 bridgehead atoms. The zero-order valence-electron chi connectivity index (χ0n) is 23.1. The molecule has 10 nitrogen and oxygen atoms in total. The predicted octanol–water partition coefficient (Wildman–Crippen LogP) is 3.74. The van der Waals surface area contributed by atoms with Gasteiger partial charge < -0.3 is 19.1 Å². The van der Waals surface area contributed by atoms with Gasteiger partial charge in [-0.1, -0.05) is 23.7 Å². The number of nitrogens with zero attached hydrogens (tertiary/aromatic N) is 6. The molecule has 2 aliphatic rings. The lowest BCUT2D eigenvalue weighted by Gasteiger charge is -2.42. The van der Waals surface area contributed by atoms with E-state index in [9.17, 15) is 9.90 Å². The molecule has 6 rings (SSSR count). The number of hydrogen-bond acceptors (Lipinski definition) is 8. The molecule has 4 aromatic rings. The Bertz CT molecular complexity index is 1750. The van der Waals surface area contributed by atoms with Crippen LogP contribution in [0.15, 0.2) is 61.3 Å². The topological polar surface area (TPSA) is 126 Å². The predicted molar refractivity (Wildman–Crippen MR) is 148 cm³/mol. The highest BCUT2D eigenvalue weighted by atomic mass is 35.5. The van der Waals surface area contributed by atoms with Crippen molar-refractivity contribution in [3.05, 3.63) is 111 Å². The number of nitriles is 1. The molecule has 2 aromatic carbocycles. The molecule has 0 radical (unpaired) electrons. The summed E-state index contributed by atoms with van der Waals surface area (Å²) in [4.78, 5) is 28.1. The Kier molecular flexibility index (Phi) is 7.01. The van der Waals surface area contributed by atoms with E-state index in [1.165, 1.54) is 36.6 Å². The summed E-state index contributed by atoms with van der Waals surface area (Å²) < 4.78 is 44.9. The standard InChI is InChI=1S/C30H25ClF2N6O4/c1-28(41,24-12-38(2)17-37-24)20-7-22-26(23(32)8-20)30(19-3-5-21(31)6-4-19,43-16-29(33)14-42-15-29)39(27(22)40)13-25-35-10-18(9-34)11-36-25/h3-8,10-12,17,41H,13-16H2,1-2H3/t28?,30-/m1/s1. The maximum atomic E-state index is 16.6. The van der Waals surface area contributed by atoms with E-state index in [-0.39, 0.29) is 53.5 Å². The summed E-state index contributed by atoms with van der Waals surface area (Å²) >= 11 is 6.18. The van der Waals surface area contributed by atoms with Crippen LogP contribution in [-0.2, 0) is 34.4 Å². The van der Waals surface area contributed by atoms with E-state index in [1.54, 1.807) is 42.1 Å². The third kappa shape index (κ3) is 4.84. The zero-order valence-corrected chi connectivity index (χ0v) is 23.8. The van der Waals surface area contributed by atoms with Gasteiger partial charge in [0.05, 0.1) is 55.1 Å². The summed E-state index contributed by atoms with van der Waals surface area (Å²) in [5.41, 5.74) is -5.06. The van der Waals surface area contributed by atoms with Crippen LogP contribution < -0.4 is 0 Å². The minimum absolute atomic E-state index is 0.0756. The Morgan fingerprint density at radius 2 is 1.91 bits per heavy atom. The number of ether oxygens (including phenoxy) is 2. The van der Waals surface area contributed by atoms with Crippen LogP contribution in [0.3, 0.4) is 0 Å². The van der Waals surface area contributed by atoms with Crippen molar-refractivity contribution in [2.75, 3.05) is 19.8 Å². The lowest BCUT2D eigenvalue weighted by Crippen LogP contribution is -2.54. The van der Waals surface area contributed by atoms with E-state index in [1.807, 2.05) is 6.07 Å². The van der Waals surface area contributed by atoms with Crippen molar-refractivity contribution in [2.24, 2.45) is 7.05 Å². The molecule has 43 heavy (non-hydrogen) atoms. The molecule has 4 heterocycles. The van der Waals surface area contributed by atoms with E-state index >= 15 is 8.78 Å². The number of aliphatic hydroxyl groups is 1. The molecule has 1 N–H and O–H groups in total. The van der Waals surface area contributed by atoms with Crippen LogP contribution in [-0.4, -0.2) is 60.9 Å². The molecule has 2 aromatic heterocycles. The number of imidazole rings is 1. The number of amides is 1. The van der Waals surface area contributed by atoms with E-state index < -0.39 is 35.3 Å². The fourth-order valence-electron chi connectivity index (χ4n) is 5.31. The lowest BCUT2D eigenvalue weighted by molar-refractivity contribution is -0.205. The number of benzene rings is 2. The highest BCUT2D eigenvalue weighted by Gasteiger charge is 2.56. The number of alkyl halides is 1. The summed E-state index contributed by atoms with van der Waals surface area (Å²) in [6.45, 7) is 0.183. The number of aromatic nitrogens is 4. The number of carbonyl (C=O) groups is 1. The van der Waals surface area contributed by atoms with Crippen LogP contribution in [0.1, 0.15) is 51.1 Å². The molecule has 0 saturated carbocycles. The van der Waals surface area contributed by atoms with Crippen molar-refractivity contribution < 1.29 is 28.2 Å². The van der Waals surface area contributed by atoms with Crippen LogP contribution in [0.5, 0.6) is 0 Å². The van der Waals surface area contributed by atoms with Crippen LogP contribution in [0.4, 0.5) is 8.78 Å². The number of halogens is 3. The molecule has 1 fully saturated rings. The highest BCUT2D eigenvalue weighted by Crippen LogP contribution is 2.49. The van der Waals surface area contributed by atoms with E-state index in [4.69, 9.17) is 26.3 Å². The van der Waals surface area contributed by atoms with Crippen LogP contribution in [0, 0.1) is 17.1 Å². The average molecular weight is 607 g/mol. The van der Waals surface area contributed by atoms with Crippen molar-refractivity contribution in [3.8, 4) is 6.07 Å². The van der Waals surface area contributed by atoms with E-state index in [0.717, 1.165) is 6.07 Å². The summed E-state index contributed by atoms with van der Waals surface area (Å²) in [6.07, 6.45) is 5.68. The second-order valence-electron chi connectivity index (χ2n) is 10.9. The van der Waals surface area contributed by atoms with Gasteiger partial charge in [0.2, 0.25) is 5.72 Å². The lowest BCUT2D eigenvalue weighted by atomic mass is 9.86. The second kappa shape index (κ2) is 10.5. The van der Waals surface area contributed by atoms with Crippen molar-refractivity contribution in [3.63, 3.8) is 0 Å². The number of fused-ring (bicyclic) bond motifs is 1. The second-order valence-corrected chi connectivity index (χ2v) is 11.3. The van der Waals surface area contributed by atoms with Crippen LogP contribution in [0.25, 0.3) is 0 Å².